The lowest BCUT2D eigenvalue weighted by Crippen LogP contribution is -2.61. The van der Waals surface area contributed by atoms with Crippen molar-refractivity contribution in [1.82, 2.24) is 20.9 Å². The molecule has 4 aliphatic rings. The molecule has 3 aliphatic carbocycles. The number of ketones is 1. The molecule has 1 heterocycles. The molecule has 0 spiro atoms. The smallest absolute Gasteiger partial charge is 0.287 e. The van der Waals surface area contributed by atoms with E-state index in [0.717, 1.165) is 44.9 Å². The zero-order chi connectivity index (χ0) is 30.2. The summed E-state index contributed by atoms with van der Waals surface area (Å²) in [6.45, 7) is 9.54. The summed E-state index contributed by atoms with van der Waals surface area (Å²) in [4.78, 5) is 79.2. The van der Waals surface area contributed by atoms with Gasteiger partial charge in [-0.05, 0) is 54.3 Å². The third kappa shape index (κ3) is 6.75. The van der Waals surface area contributed by atoms with Crippen LogP contribution in [0.15, 0.2) is 0 Å². The lowest BCUT2D eigenvalue weighted by atomic mass is 9.82. The first-order valence-electron chi connectivity index (χ1n) is 15.3. The molecule has 5 amide bonds. The molecule has 1 aliphatic heterocycles. The van der Waals surface area contributed by atoms with Gasteiger partial charge in [0.05, 0.1) is 6.04 Å². The van der Waals surface area contributed by atoms with Crippen LogP contribution in [0.4, 0.5) is 0 Å². The molecule has 4 fully saturated rings. The van der Waals surface area contributed by atoms with E-state index in [4.69, 9.17) is 5.73 Å². The van der Waals surface area contributed by atoms with E-state index >= 15 is 0 Å². The highest BCUT2D eigenvalue weighted by Crippen LogP contribution is 2.65. The zero-order valence-corrected chi connectivity index (χ0v) is 25.0. The highest BCUT2D eigenvalue weighted by atomic mass is 16.2. The van der Waals surface area contributed by atoms with Gasteiger partial charge in [0.15, 0.2) is 0 Å². The molecule has 0 bridgehead atoms. The predicted octanol–water partition coefficient (Wildman–Crippen LogP) is 1.03. The van der Waals surface area contributed by atoms with Gasteiger partial charge in [0, 0.05) is 13.5 Å². The van der Waals surface area contributed by atoms with Crippen LogP contribution in [-0.4, -0.2) is 70.9 Å². The van der Waals surface area contributed by atoms with Crippen LogP contribution in [0.3, 0.4) is 0 Å². The molecule has 0 aromatic rings. The van der Waals surface area contributed by atoms with Crippen molar-refractivity contribution in [1.29, 1.82) is 0 Å². The second kappa shape index (κ2) is 12.1. The van der Waals surface area contributed by atoms with E-state index in [9.17, 15) is 28.8 Å². The van der Waals surface area contributed by atoms with Gasteiger partial charge in [0.25, 0.3) is 5.91 Å². The molecule has 11 heteroatoms. The van der Waals surface area contributed by atoms with Gasteiger partial charge in [0.2, 0.25) is 29.4 Å². The van der Waals surface area contributed by atoms with Gasteiger partial charge in [-0.15, -0.1) is 0 Å². The van der Waals surface area contributed by atoms with E-state index in [0.29, 0.717) is 13.0 Å². The minimum Gasteiger partial charge on any atom is -0.363 e. The van der Waals surface area contributed by atoms with Gasteiger partial charge >= 0.3 is 0 Å². The number of fused-ring (bicyclic) bond motifs is 1. The van der Waals surface area contributed by atoms with Gasteiger partial charge in [-0.3, -0.25) is 28.8 Å². The summed E-state index contributed by atoms with van der Waals surface area (Å²) < 4.78 is 0. The standard InChI is InChI=1S/C30H47N5O6/c1-15(2)22(32-16(3)36)27(39)34-23(18-9-7-6-8-10-18)29(41)35-14-19-21(30(19,4)5)24(35)28(40)33-20(13-17-11-12-17)25(37)26(31)38/h15,17-24H,6-14H2,1-5H3,(H2,31,38)(H,32,36)(H,33,40)(H,34,39)/t19-,20-,21-,22-,23?,24?/m0/s1. The number of hydrogen-bond donors (Lipinski definition) is 4. The number of nitrogens with two attached hydrogens (primary N) is 1. The molecule has 2 unspecified atom stereocenters. The van der Waals surface area contributed by atoms with Gasteiger partial charge in [0.1, 0.15) is 18.1 Å². The van der Waals surface area contributed by atoms with E-state index in [1.54, 1.807) is 4.90 Å². The molecule has 11 nitrogen and oxygen atoms in total. The molecule has 5 N–H and O–H groups in total. The Morgan fingerprint density at radius 2 is 1.56 bits per heavy atom. The van der Waals surface area contributed by atoms with Crippen molar-refractivity contribution < 1.29 is 28.8 Å². The molecule has 41 heavy (non-hydrogen) atoms. The van der Waals surface area contributed by atoms with E-state index in [1.165, 1.54) is 6.92 Å². The molecular formula is C30H47N5O6. The second-order valence-corrected chi connectivity index (χ2v) is 13.7. The first-order valence-corrected chi connectivity index (χ1v) is 15.3. The maximum absolute atomic E-state index is 14.3. The minimum atomic E-state index is -1.08. The van der Waals surface area contributed by atoms with Crippen molar-refractivity contribution in [3.63, 3.8) is 0 Å². The van der Waals surface area contributed by atoms with Gasteiger partial charge in [-0.1, -0.05) is 59.8 Å². The number of rotatable bonds is 12. The van der Waals surface area contributed by atoms with E-state index < -0.39 is 47.7 Å². The number of carbonyl (C=O) groups is 6. The molecule has 0 radical (unpaired) electrons. The normalized spacial score (nSPS) is 27.3. The summed E-state index contributed by atoms with van der Waals surface area (Å²) in [5.74, 6) is -3.41. The molecule has 1 saturated heterocycles. The molecule has 0 aromatic carbocycles. The predicted molar refractivity (Wildman–Crippen MR) is 151 cm³/mol. The second-order valence-electron chi connectivity index (χ2n) is 13.7. The Morgan fingerprint density at radius 3 is 2.10 bits per heavy atom. The van der Waals surface area contributed by atoms with E-state index in [2.05, 4.69) is 29.8 Å². The van der Waals surface area contributed by atoms with Crippen molar-refractivity contribution >= 4 is 35.3 Å². The van der Waals surface area contributed by atoms with E-state index in [-0.39, 0.29) is 46.8 Å². The lowest BCUT2D eigenvalue weighted by molar-refractivity contribution is -0.146. The van der Waals surface area contributed by atoms with Gasteiger partial charge in [-0.25, -0.2) is 0 Å². The average Bonchev–Trinajstić information content (AvgIpc) is 3.76. The Bertz CT molecular complexity index is 1080. The summed E-state index contributed by atoms with van der Waals surface area (Å²) in [7, 11) is 0. The summed E-state index contributed by atoms with van der Waals surface area (Å²) in [6, 6.07) is -3.45. The average molecular weight is 574 g/mol. The Balaban J connectivity index is 1.58. The fourth-order valence-corrected chi connectivity index (χ4v) is 7.18. The number of nitrogens with zero attached hydrogens (tertiary/aromatic N) is 1. The third-order valence-electron chi connectivity index (χ3n) is 9.89. The Kier molecular flexibility index (Phi) is 9.13. The summed E-state index contributed by atoms with van der Waals surface area (Å²) in [6.07, 6.45) is 6.74. The van der Waals surface area contributed by atoms with Crippen molar-refractivity contribution in [2.75, 3.05) is 6.54 Å². The largest absolute Gasteiger partial charge is 0.363 e. The molecule has 228 valence electrons. The van der Waals surface area contributed by atoms with Crippen LogP contribution >= 0.6 is 0 Å². The number of primary amides is 1. The first-order chi connectivity index (χ1) is 19.2. The number of Topliss-reactive ketones (excluding diaryl/α,β-unsaturated/α-hetero) is 1. The molecule has 4 rings (SSSR count). The summed E-state index contributed by atoms with van der Waals surface area (Å²) >= 11 is 0. The van der Waals surface area contributed by atoms with Crippen molar-refractivity contribution in [3.05, 3.63) is 0 Å². The monoisotopic (exact) mass is 573 g/mol. The van der Waals surface area contributed by atoms with Crippen molar-refractivity contribution in [3.8, 4) is 0 Å². The quantitative estimate of drug-likeness (QED) is 0.254. The highest BCUT2D eigenvalue weighted by molar-refractivity contribution is 6.37. The van der Waals surface area contributed by atoms with Gasteiger partial charge < -0.3 is 26.6 Å². The van der Waals surface area contributed by atoms with Crippen molar-refractivity contribution in [2.24, 2.45) is 40.7 Å². The number of carbonyl (C=O) groups excluding carboxylic acids is 6. The molecule has 6 atom stereocenters. The molecule has 0 aromatic heterocycles. The maximum atomic E-state index is 14.3. The fraction of sp³-hybridized carbons (Fsp3) is 0.800. The van der Waals surface area contributed by atoms with Crippen LogP contribution in [0.1, 0.15) is 86.0 Å². The Hall–Kier alpha value is -2.98. The highest BCUT2D eigenvalue weighted by Gasteiger charge is 2.69. The summed E-state index contributed by atoms with van der Waals surface area (Å²) in [5, 5.41) is 8.46. The topological polar surface area (TPSA) is 168 Å². The van der Waals surface area contributed by atoms with Crippen LogP contribution in [-0.2, 0) is 28.8 Å². The molecular weight excluding hydrogens is 526 g/mol. The van der Waals surface area contributed by atoms with Crippen LogP contribution in [0, 0.1) is 35.0 Å². The summed E-state index contributed by atoms with van der Waals surface area (Å²) in [5.41, 5.74) is 5.13. The number of nitrogens with one attached hydrogen (secondary N) is 3. The zero-order valence-electron chi connectivity index (χ0n) is 25.0. The first kappa shape index (κ1) is 31.0. The fourth-order valence-electron chi connectivity index (χ4n) is 7.18. The Morgan fingerprint density at radius 1 is 0.927 bits per heavy atom. The van der Waals surface area contributed by atoms with Crippen molar-refractivity contribution in [2.45, 2.75) is 110 Å². The molecule has 3 saturated carbocycles. The Labute approximate surface area is 242 Å². The van der Waals surface area contributed by atoms with Crippen LogP contribution in [0.25, 0.3) is 0 Å². The van der Waals surface area contributed by atoms with E-state index in [1.807, 2.05) is 13.8 Å². The van der Waals surface area contributed by atoms with Crippen LogP contribution in [0.2, 0.25) is 0 Å². The SMILES string of the molecule is CC(=O)N[C@H](C(=O)NC(C(=O)N1C[C@H]2[C@@H](C1C(=O)N[C@@H](CC1CC1)C(=O)C(N)=O)C2(C)C)C1CCCCC1)C(C)C. The number of likely N-dealkylation sites (tertiary alicyclic amines) is 1. The van der Waals surface area contributed by atoms with Crippen LogP contribution < -0.4 is 21.7 Å². The lowest BCUT2D eigenvalue weighted by Gasteiger charge is -2.38. The van der Waals surface area contributed by atoms with Gasteiger partial charge in [-0.2, -0.15) is 0 Å². The number of amides is 5. The maximum Gasteiger partial charge on any atom is 0.287 e. The number of hydrogen-bond acceptors (Lipinski definition) is 6. The number of piperidine rings is 1. The third-order valence-corrected chi connectivity index (χ3v) is 9.89. The minimum absolute atomic E-state index is 0.0851. The van der Waals surface area contributed by atoms with Crippen LogP contribution in [0.5, 0.6) is 0 Å².